The van der Waals surface area contributed by atoms with E-state index < -0.39 is 0 Å². The van der Waals surface area contributed by atoms with Crippen LogP contribution in [0.2, 0.25) is 5.02 Å². The van der Waals surface area contributed by atoms with E-state index >= 15 is 0 Å². The molecule has 0 nitrogen and oxygen atoms in total. The number of benzene rings is 3. The van der Waals surface area contributed by atoms with Crippen molar-refractivity contribution < 1.29 is 4.39 Å². The Bertz CT molecular complexity index is 820. The van der Waals surface area contributed by atoms with Crippen LogP contribution in [0.25, 0.3) is 22.3 Å². The normalized spacial score (nSPS) is 10.8. The lowest BCUT2D eigenvalue weighted by Crippen LogP contribution is -1.87. The molecule has 0 aliphatic heterocycles. The zero-order valence-electron chi connectivity index (χ0n) is 14.4. The van der Waals surface area contributed by atoms with Crippen LogP contribution in [0.3, 0.4) is 0 Å². The van der Waals surface area contributed by atoms with E-state index in [1.165, 1.54) is 37.0 Å². The zero-order valence-corrected chi connectivity index (χ0v) is 15.2. The summed E-state index contributed by atoms with van der Waals surface area (Å²) in [5, 5.41) is 0.677. The Hall–Kier alpha value is -2.12. The average Bonchev–Trinajstić information content (AvgIpc) is 2.63. The Kier molecular flexibility index (Phi) is 5.88. The molecule has 3 rings (SSSR count). The molecular formula is C23H22ClF. The summed E-state index contributed by atoms with van der Waals surface area (Å²) in [6, 6.07) is 21.2. The standard InChI is InChI=1S/C23H22ClF/c1-2-3-4-5-17-6-8-18(9-7-17)20-12-15-22(23(24)16-20)19-10-13-21(25)14-11-19/h6-16H,2-5H2,1H3. The molecule has 0 spiro atoms. The van der Waals surface area contributed by atoms with Gasteiger partial charge in [0, 0.05) is 10.6 Å². The third kappa shape index (κ3) is 4.49. The molecule has 0 atom stereocenters. The van der Waals surface area contributed by atoms with Gasteiger partial charge in [0.1, 0.15) is 5.82 Å². The van der Waals surface area contributed by atoms with E-state index in [-0.39, 0.29) is 5.82 Å². The molecule has 128 valence electrons. The van der Waals surface area contributed by atoms with Gasteiger partial charge in [0.15, 0.2) is 0 Å². The quantitative estimate of drug-likeness (QED) is 0.402. The highest BCUT2D eigenvalue weighted by atomic mass is 35.5. The fraction of sp³-hybridized carbons (Fsp3) is 0.217. The molecule has 0 N–H and O–H groups in total. The fourth-order valence-electron chi connectivity index (χ4n) is 3.00. The first-order valence-corrected chi connectivity index (χ1v) is 9.20. The van der Waals surface area contributed by atoms with Crippen LogP contribution in [0, 0.1) is 5.82 Å². The SMILES string of the molecule is CCCCCc1ccc(-c2ccc(-c3ccc(F)cc3)c(Cl)c2)cc1. The summed E-state index contributed by atoms with van der Waals surface area (Å²) in [4.78, 5) is 0. The molecule has 0 unspecified atom stereocenters. The van der Waals surface area contributed by atoms with Crippen molar-refractivity contribution >= 4 is 11.6 Å². The molecule has 0 aliphatic rings. The number of halogens is 2. The minimum Gasteiger partial charge on any atom is -0.207 e. The highest BCUT2D eigenvalue weighted by Crippen LogP contribution is 2.32. The molecule has 0 saturated heterocycles. The van der Waals surface area contributed by atoms with Gasteiger partial charge in [-0.2, -0.15) is 0 Å². The molecule has 2 heteroatoms. The molecule has 0 radical (unpaired) electrons. The predicted molar refractivity (Wildman–Crippen MR) is 106 cm³/mol. The Morgan fingerprint density at radius 2 is 1.40 bits per heavy atom. The van der Waals surface area contributed by atoms with Gasteiger partial charge >= 0.3 is 0 Å². The van der Waals surface area contributed by atoms with Crippen molar-refractivity contribution in [2.75, 3.05) is 0 Å². The van der Waals surface area contributed by atoms with E-state index in [1.807, 2.05) is 12.1 Å². The van der Waals surface area contributed by atoms with Gasteiger partial charge in [-0.25, -0.2) is 4.39 Å². The Morgan fingerprint density at radius 3 is 2.04 bits per heavy atom. The molecule has 0 aliphatic carbocycles. The summed E-state index contributed by atoms with van der Waals surface area (Å²) in [5.74, 6) is -0.240. The number of rotatable bonds is 6. The highest BCUT2D eigenvalue weighted by molar-refractivity contribution is 6.33. The van der Waals surface area contributed by atoms with Gasteiger partial charge in [0.2, 0.25) is 0 Å². The van der Waals surface area contributed by atoms with Crippen LogP contribution in [-0.2, 0) is 6.42 Å². The van der Waals surface area contributed by atoms with Crippen molar-refractivity contribution in [1.82, 2.24) is 0 Å². The maximum Gasteiger partial charge on any atom is 0.123 e. The van der Waals surface area contributed by atoms with Gasteiger partial charge in [-0.1, -0.05) is 79.9 Å². The second-order valence-electron chi connectivity index (χ2n) is 6.36. The van der Waals surface area contributed by atoms with Crippen molar-refractivity contribution in [1.29, 1.82) is 0 Å². The van der Waals surface area contributed by atoms with Crippen molar-refractivity contribution in [2.45, 2.75) is 32.6 Å². The second kappa shape index (κ2) is 8.31. The maximum absolute atomic E-state index is 13.1. The van der Waals surface area contributed by atoms with Crippen LogP contribution < -0.4 is 0 Å². The summed E-state index contributed by atoms with van der Waals surface area (Å²) in [6.07, 6.45) is 4.91. The summed E-state index contributed by atoms with van der Waals surface area (Å²) in [5.41, 5.74) is 5.47. The van der Waals surface area contributed by atoms with E-state index in [9.17, 15) is 4.39 Å². The third-order valence-corrected chi connectivity index (χ3v) is 4.79. The van der Waals surface area contributed by atoms with Gasteiger partial charge in [-0.3, -0.25) is 0 Å². The molecule has 0 heterocycles. The molecule has 0 saturated carbocycles. The minimum absolute atomic E-state index is 0.240. The number of hydrogen-bond donors (Lipinski definition) is 0. The molecular weight excluding hydrogens is 331 g/mol. The number of hydrogen-bond acceptors (Lipinski definition) is 0. The van der Waals surface area contributed by atoms with Crippen LogP contribution in [0.1, 0.15) is 31.7 Å². The van der Waals surface area contributed by atoms with Crippen molar-refractivity contribution in [3.05, 3.63) is 83.1 Å². The van der Waals surface area contributed by atoms with Crippen molar-refractivity contribution in [3.8, 4) is 22.3 Å². The van der Waals surface area contributed by atoms with Crippen LogP contribution in [-0.4, -0.2) is 0 Å². The summed E-state index contributed by atoms with van der Waals surface area (Å²) in [7, 11) is 0. The van der Waals surface area contributed by atoms with E-state index in [1.54, 1.807) is 12.1 Å². The van der Waals surface area contributed by atoms with Gasteiger partial charge in [0.25, 0.3) is 0 Å². The van der Waals surface area contributed by atoms with Crippen LogP contribution in [0.5, 0.6) is 0 Å². The minimum atomic E-state index is -0.240. The Balaban J connectivity index is 1.79. The van der Waals surface area contributed by atoms with Gasteiger partial charge < -0.3 is 0 Å². The highest BCUT2D eigenvalue weighted by Gasteiger charge is 2.06. The van der Waals surface area contributed by atoms with E-state index in [0.717, 1.165) is 28.7 Å². The predicted octanol–water partition coefficient (Wildman–Crippen LogP) is 7.55. The molecule has 25 heavy (non-hydrogen) atoms. The summed E-state index contributed by atoms with van der Waals surface area (Å²) < 4.78 is 13.1. The summed E-state index contributed by atoms with van der Waals surface area (Å²) in [6.45, 7) is 2.22. The first kappa shape index (κ1) is 17.7. The smallest absolute Gasteiger partial charge is 0.123 e. The number of unbranched alkanes of at least 4 members (excludes halogenated alkanes) is 2. The fourth-order valence-corrected chi connectivity index (χ4v) is 3.29. The lowest BCUT2D eigenvalue weighted by Gasteiger charge is -2.09. The van der Waals surface area contributed by atoms with E-state index in [2.05, 4.69) is 37.3 Å². The lowest BCUT2D eigenvalue weighted by molar-refractivity contribution is 0.628. The monoisotopic (exact) mass is 352 g/mol. The van der Waals surface area contributed by atoms with Crippen LogP contribution in [0.15, 0.2) is 66.7 Å². The first-order valence-electron chi connectivity index (χ1n) is 8.82. The summed E-state index contributed by atoms with van der Waals surface area (Å²) >= 11 is 6.48. The topological polar surface area (TPSA) is 0 Å². The molecule has 3 aromatic rings. The molecule has 0 amide bonds. The molecule has 0 bridgehead atoms. The zero-order chi connectivity index (χ0) is 17.6. The third-order valence-electron chi connectivity index (χ3n) is 4.48. The van der Waals surface area contributed by atoms with E-state index in [4.69, 9.17) is 11.6 Å². The Morgan fingerprint density at radius 1 is 0.760 bits per heavy atom. The van der Waals surface area contributed by atoms with Crippen LogP contribution >= 0.6 is 11.6 Å². The average molecular weight is 353 g/mol. The first-order chi connectivity index (χ1) is 12.2. The van der Waals surface area contributed by atoms with E-state index in [0.29, 0.717) is 5.02 Å². The lowest BCUT2D eigenvalue weighted by atomic mass is 9.98. The van der Waals surface area contributed by atoms with Crippen molar-refractivity contribution in [3.63, 3.8) is 0 Å². The maximum atomic E-state index is 13.1. The molecule has 3 aromatic carbocycles. The molecule has 0 aromatic heterocycles. The second-order valence-corrected chi connectivity index (χ2v) is 6.76. The van der Waals surface area contributed by atoms with Crippen LogP contribution in [0.4, 0.5) is 4.39 Å². The van der Waals surface area contributed by atoms with Gasteiger partial charge in [0.05, 0.1) is 0 Å². The number of aryl methyl sites for hydroxylation is 1. The van der Waals surface area contributed by atoms with Gasteiger partial charge in [-0.05, 0) is 53.3 Å². The Labute approximate surface area is 154 Å². The largest absolute Gasteiger partial charge is 0.207 e. The van der Waals surface area contributed by atoms with Crippen molar-refractivity contribution in [2.24, 2.45) is 0 Å². The molecule has 0 fully saturated rings. The van der Waals surface area contributed by atoms with Gasteiger partial charge in [-0.15, -0.1) is 0 Å².